The van der Waals surface area contributed by atoms with E-state index in [9.17, 15) is 4.79 Å². The predicted octanol–water partition coefficient (Wildman–Crippen LogP) is 1.74. The first-order chi connectivity index (χ1) is 9.11. The molecule has 104 valence electrons. The number of rotatable bonds is 7. The molecule has 19 heavy (non-hydrogen) atoms. The standard InChI is InChI=1S/C13H17NO5/c1-17-11-5-10(14)9(13(15)16)4-12(11)19-7-18-6-8-2-3-8/h4-5,8H,2-3,6-7,14H2,1H3,(H,15,16). The summed E-state index contributed by atoms with van der Waals surface area (Å²) in [5.41, 5.74) is 5.74. The van der Waals surface area contributed by atoms with Crippen LogP contribution in [0.15, 0.2) is 12.1 Å². The summed E-state index contributed by atoms with van der Waals surface area (Å²) in [6.45, 7) is 0.735. The fourth-order valence-corrected chi connectivity index (χ4v) is 1.64. The molecule has 6 nitrogen and oxygen atoms in total. The summed E-state index contributed by atoms with van der Waals surface area (Å²) < 4.78 is 15.8. The highest BCUT2D eigenvalue weighted by molar-refractivity contribution is 5.94. The van der Waals surface area contributed by atoms with Crippen LogP contribution in [0.5, 0.6) is 11.5 Å². The highest BCUT2D eigenvalue weighted by Crippen LogP contribution is 2.32. The van der Waals surface area contributed by atoms with Gasteiger partial charge in [-0.05, 0) is 18.8 Å². The van der Waals surface area contributed by atoms with Crippen LogP contribution in [-0.4, -0.2) is 31.6 Å². The Balaban J connectivity index is 2.02. The second-order valence-electron chi connectivity index (χ2n) is 4.47. The van der Waals surface area contributed by atoms with E-state index in [1.54, 1.807) is 0 Å². The Morgan fingerprint density at radius 2 is 2.16 bits per heavy atom. The molecule has 1 saturated carbocycles. The van der Waals surface area contributed by atoms with Crippen molar-refractivity contribution in [1.29, 1.82) is 0 Å². The first-order valence-electron chi connectivity index (χ1n) is 6.03. The van der Waals surface area contributed by atoms with Crippen LogP contribution in [0.3, 0.4) is 0 Å². The van der Waals surface area contributed by atoms with Gasteiger partial charge in [0.15, 0.2) is 18.3 Å². The Labute approximate surface area is 111 Å². The van der Waals surface area contributed by atoms with Gasteiger partial charge in [-0.2, -0.15) is 0 Å². The van der Waals surface area contributed by atoms with Crippen molar-refractivity contribution in [2.24, 2.45) is 5.92 Å². The largest absolute Gasteiger partial charge is 0.493 e. The number of carboxylic acids is 1. The molecule has 0 aliphatic heterocycles. The number of aromatic carboxylic acids is 1. The molecule has 0 aromatic heterocycles. The number of nitrogens with two attached hydrogens (primary N) is 1. The van der Waals surface area contributed by atoms with Gasteiger partial charge in [0.25, 0.3) is 0 Å². The number of hydrogen-bond acceptors (Lipinski definition) is 5. The van der Waals surface area contributed by atoms with Crippen LogP contribution >= 0.6 is 0 Å². The molecule has 0 amide bonds. The third-order valence-corrected chi connectivity index (χ3v) is 2.91. The van der Waals surface area contributed by atoms with Gasteiger partial charge in [0, 0.05) is 12.1 Å². The van der Waals surface area contributed by atoms with Crippen molar-refractivity contribution in [3.63, 3.8) is 0 Å². The lowest BCUT2D eigenvalue weighted by Gasteiger charge is -2.13. The van der Waals surface area contributed by atoms with Crippen LogP contribution in [0.1, 0.15) is 23.2 Å². The molecule has 1 aromatic carbocycles. The zero-order valence-electron chi connectivity index (χ0n) is 10.7. The lowest BCUT2D eigenvalue weighted by molar-refractivity contribution is 0.00858. The average molecular weight is 267 g/mol. The van der Waals surface area contributed by atoms with Crippen molar-refractivity contribution >= 4 is 11.7 Å². The fourth-order valence-electron chi connectivity index (χ4n) is 1.64. The lowest BCUT2D eigenvalue weighted by Crippen LogP contribution is -2.08. The normalized spacial score (nSPS) is 14.2. The zero-order valence-corrected chi connectivity index (χ0v) is 10.7. The molecule has 1 aromatic rings. The fraction of sp³-hybridized carbons (Fsp3) is 0.462. The maximum absolute atomic E-state index is 11.0. The molecule has 0 atom stereocenters. The van der Waals surface area contributed by atoms with Crippen molar-refractivity contribution in [3.8, 4) is 11.5 Å². The van der Waals surface area contributed by atoms with Crippen LogP contribution in [-0.2, 0) is 4.74 Å². The van der Waals surface area contributed by atoms with E-state index in [-0.39, 0.29) is 18.0 Å². The summed E-state index contributed by atoms with van der Waals surface area (Å²) >= 11 is 0. The Kier molecular flexibility index (Phi) is 4.11. The molecule has 1 aliphatic rings. The topological polar surface area (TPSA) is 91.0 Å². The van der Waals surface area contributed by atoms with Gasteiger partial charge >= 0.3 is 5.97 Å². The minimum absolute atomic E-state index is 0.0157. The molecule has 3 N–H and O–H groups in total. The molecule has 0 bridgehead atoms. The Morgan fingerprint density at radius 1 is 1.42 bits per heavy atom. The van der Waals surface area contributed by atoms with E-state index in [2.05, 4.69) is 0 Å². The molecule has 0 radical (unpaired) electrons. The van der Waals surface area contributed by atoms with E-state index in [0.29, 0.717) is 24.0 Å². The highest BCUT2D eigenvalue weighted by atomic mass is 16.7. The maximum atomic E-state index is 11.0. The summed E-state index contributed by atoms with van der Waals surface area (Å²) in [7, 11) is 1.47. The Morgan fingerprint density at radius 3 is 2.74 bits per heavy atom. The molecule has 1 fully saturated rings. The second-order valence-corrected chi connectivity index (χ2v) is 4.47. The van der Waals surface area contributed by atoms with Gasteiger partial charge < -0.3 is 25.1 Å². The van der Waals surface area contributed by atoms with E-state index in [4.69, 9.17) is 25.1 Å². The summed E-state index contributed by atoms with van der Waals surface area (Å²) in [6, 6.07) is 2.77. The van der Waals surface area contributed by atoms with Gasteiger partial charge in [0.2, 0.25) is 0 Å². The van der Waals surface area contributed by atoms with Crippen molar-refractivity contribution in [3.05, 3.63) is 17.7 Å². The second kappa shape index (κ2) is 5.79. The highest BCUT2D eigenvalue weighted by Gasteiger charge is 2.21. The van der Waals surface area contributed by atoms with Crippen molar-refractivity contribution in [1.82, 2.24) is 0 Å². The number of anilines is 1. The molecule has 0 spiro atoms. The minimum atomic E-state index is -1.11. The van der Waals surface area contributed by atoms with Crippen molar-refractivity contribution in [2.75, 3.05) is 26.2 Å². The van der Waals surface area contributed by atoms with Crippen LogP contribution in [0, 0.1) is 5.92 Å². The number of methoxy groups -OCH3 is 1. The average Bonchev–Trinajstić information content (AvgIpc) is 3.19. The van der Waals surface area contributed by atoms with E-state index < -0.39 is 5.97 Å². The smallest absolute Gasteiger partial charge is 0.337 e. The molecule has 6 heteroatoms. The molecule has 1 aliphatic carbocycles. The van der Waals surface area contributed by atoms with Crippen LogP contribution in [0.25, 0.3) is 0 Å². The quantitative estimate of drug-likeness (QED) is 0.444. The van der Waals surface area contributed by atoms with Crippen LogP contribution < -0.4 is 15.2 Å². The molecule has 2 rings (SSSR count). The Hall–Kier alpha value is -1.95. The first kappa shape index (κ1) is 13.5. The van der Waals surface area contributed by atoms with E-state index >= 15 is 0 Å². The van der Waals surface area contributed by atoms with Crippen LogP contribution in [0.2, 0.25) is 0 Å². The number of carbonyl (C=O) groups is 1. The summed E-state index contributed by atoms with van der Waals surface area (Å²) in [4.78, 5) is 11.0. The van der Waals surface area contributed by atoms with Gasteiger partial charge in [-0.3, -0.25) is 0 Å². The van der Waals surface area contributed by atoms with Gasteiger partial charge in [-0.25, -0.2) is 4.79 Å². The number of carboxylic acid groups (broad SMARTS) is 1. The third-order valence-electron chi connectivity index (χ3n) is 2.91. The number of nitrogen functional groups attached to an aromatic ring is 1. The van der Waals surface area contributed by atoms with Gasteiger partial charge in [-0.15, -0.1) is 0 Å². The molecular weight excluding hydrogens is 250 g/mol. The maximum Gasteiger partial charge on any atom is 0.337 e. The third kappa shape index (κ3) is 3.51. The van der Waals surface area contributed by atoms with E-state index in [0.717, 1.165) is 0 Å². The lowest BCUT2D eigenvalue weighted by atomic mass is 10.1. The van der Waals surface area contributed by atoms with Crippen molar-refractivity contribution in [2.45, 2.75) is 12.8 Å². The van der Waals surface area contributed by atoms with Crippen molar-refractivity contribution < 1.29 is 24.1 Å². The van der Waals surface area contributed by atoms with Crippen LogP contribution in [0.4, 0.5) is 5.69 Å². The first-order valence-corrected chi connectivity index (χ1v) is 6.03. The zero-order chi connectivity index (χ0) is 13.8. The summed E-state index contributed by atoms with van der Waals surface area (Å²) in [5, 5.41) is 9.00. The van der Waals surface area contributed by atoms with Gasteiger partial charge in [-0.1, -0.05) is 0 Å². The number of ether oxygens (including phenoxy) is 3. The minimum Gasteiger partial charge on any atom is -0.493 e. The van der Waals surface area contributed by atoms with E-state index in [1.807, 2.05) is 0 Å². The predicted molar refractivity (Wildman–Crippen MR) is 68.5 cm³/mol. The van der Waals surface area contributed by atoms with Gasteiger partial charge in [0.05, 0.1) is 25.0 Å². The SMILES string of the molecule is COc1cc(N)c(C(=O)O)cc1OCOCC1CC1. The number of benzene rings is 1. The monoisotopic (exact) mass is 267 g/mol. The molecular formula is C13H17NO5. The molecule has 0 saturated heterocycles. The van der Waals surface area contributed by atoms with E-state index in [1.165, 1.54) is 32.1 Å². The molecule has 0 unspecified atom stereocenters. The van der Waals surface area contributed by atoms with Gasteiger partial charge in [0.1, 0.15) is 0 Å². The Bertz CT molecular complexity index is 470. The summed E-state index contributed by atoms with van der Waals surface area (Å²) in [5.74, 6) is 0.234. The number of hydrogen-bond donors (Lipinski definition) is 2. The molecule has 0 heterocycles. The summed E-state index contributed by atoms with van der Waals surface area (Å²) in [6.07, 6.45) is 2.41.